The van der Waals surface area contributed by atoms with E-state index in [1.165, 1.54) is 11.3 Å². The summed E-state index contributed by atoms with van der Waals surface area (Å²) >= 11 is 1.50. The van der Waals surface area contributed by atoms with E-state index in [2.05, 4.69) is 5.32 Å². The van der Waals surface area contributed by atoms with Crippen LogP contribution < -0.4 is 5.32 Å². The Kier molecular flexibility index (Phi) is 3.22. The van der Waals surface area contributed by atoms with Crippen molar-refractivity contribution in [2.75, 3.05) is 0 Å². The topological polar surface area (TPSA) is 66.4 Å². The van der Waals surface area contributed by atoms with Crippen LogP contribution in [-0.2, 0) is 4.79 Å². The van der Waals surface area contributed by atoms with Crippen LogP contribution in [0.4, 0.5) is 0 Å². The van der Waals surface area contributed by atoms with Gasteiger partial charge in [0.25, 0.3) is 5.91 Å². The van der Waals surface area contributed by atoms with E-state index < -0.39 is 11.5 Å². The smallest absolute Gasteiger partial charge is 0.329 e. The summed E-state index contributed by atoms with van der Waals surface area (Å²) in [6.45, 7) is 0. The number of nitrogens with one attached hydrogen (secondary N) is 1. The van der Waals surface area contributed by atoms with Crippen molar-refractivity contribution < 1.29 is 14.7 Å². The number of carboxylic acid groups (broad SMARTS) is 1. The number of carboxylic acids is 1. The lowest BCUT2D eigenvalue weighted by Gasteiger charge is -2.25. The second-order valence-corrected chi connectivity index (χ2v) is 6.11. The number of amides is 1. The molecule has 5 heteroatoms. The van der Waals surface area contributed by atoms with Gasteiger partial charge in [0.15, 0.2) is 0 Å². The molecule has 0 aliphatic heterocycles. The van der Waals surface area contributed by atoms with Gasteiger partial charge >= 0.3 is 5.97 Å². The van der Waals surface area contributed by atoms with Crippen LogP contribution in [0.3, 0.4) is 0 Å². The number of carbonyl (C=O) groups excluding carboxylic acids is 1. The molecule has 2 N–H and O–H groups in total. The van der Waals surface area contributed by atoms with Crippen molar-refractivity contribution in [3.8, 4) is 0 Å². The Labute approximate surface area is 120 Å². The van der Waals surface area contributed by atoms with Gasteiger partial charge in [-0.3, -0.25) is 4.79 Å². The lowest BCUT2D eigenvalue weighted by Crippen LogP contribution is -2.52. The third kappa shape index (κ3) is 2.08. The van der Waals surface area contributed by atoms with Gasteiger partial charge in [0.05, 0.1) is 5.56 Å². The lowest BCUT2D eigenvalue weighted by molar-refractivity contribution is -0.144. The first-order valence-electron chi connectivity index (χ1n) is 6.64. The highest BCUT2D eigenvalue weighted by Gasteiger charge is 2.42. The van der Waals surface area contributed by atoms with Gasteiger partial charge in [0, 0.05) is 15.5 Å². The van der Waals surface area contributed by atoms with Crippen molar-refractivity contribution in [1.82, 2.24) is 5.32 Å². The maximum Gasteiger partial charge on any atom is 0.329 e. The van der Waals surface area contributed by atoms with Crippen LogP contribution in [0.2, 0.25) is 0 Å². The fraction of sp³-hybridized carbons (Fsp3) is 0.333. The molecule has 0 radical (unpaired) electrons. The molecule has 1 heterocycles. The zero-order chi connectivity index (χ0) is 14.2. The Morgan fingerprint density at radius 1 is 1.20 bits per heavy atom. The SMILES string of the molecule is O=C(NC1(C(=O)O)CCCC1)c1csc2ccccc12. The Balaban J connectivity index is 1.91. The summed E-state index contributed by atoms with van der Waals surface area (Å²) < 4.78 is 1.04. The zero-order valence-corrected chi connectivity index (χ0v) is 11.7. The number of benzene rings is 1. The minimum Gasteiger partial charge on any atom is -0.480 e. The minimum atomic E-state index is -1.08. The molecule has 1 aromatic carbocycles. The molecule has 0 bridgehead atoms. The number of thiophene rings is 1. The minimum absolute atomic E-state index is 0.285. The number of hydrogen-bond acceptors (Lipinski definition) is 3. The van der Waals surface area contributed by atoms with Gasteiger partial charge in [-0.15, -0.1) is 11.3 Å². The monoisotopic (exact) mass is 289 g/mol. The standard InChI is InChI=1S/C15H15NO3S/c17-13(16-15(14(18)19)7-3-4-8-15)11-9-20-12-6-2-1-5-10(11)12/h1-2,5-6,9H,3-4,7-8H2,(H,16,17)(H,18,19). The molecule has 0 spiro atoms. The van der Waals surface area contributed by atoms with Crippen LogP contribution in [0.15, 0.2) is 29.6 Å². The summed E-state index contributed by atoms with van der Waals surface area (Å²) in [7, 11) is 0. The van der Waals surface area contributed by atoms with E-state index in [-0.39, 0.29) is 5.91 Å². The van der Waals surface area contributed by atoms with E-state index in [0.29, 0.717) is 18.4 Å². The van der Waals surface area contributed by atoms with E-state index >= 15 is 0 Å². The van der Waals surface area contributed by atoms with Crippen molar-refractivity contribution in [2.24, 2.45) is 0 Å². The summed E-state index contributed by atoms with van der Waals surface area (Å²) in [4.78, 5) is 23.9. The van der Waals surface area contributed by atoms with Crippen LogP contribution in [-0.4, -0.2) is 22.5 Å². The Hall–Kier alpha value is -1.88. The average molecular weight is 289 g/mol. The predicted octanol–water partition coefficient (Wildman–Crippen LogP) is 3.03. The summed E-state index contributed by atoms with van der Waals surface area (Å²) in [5.74, 6) is -1.21. The second kappa shape index (κ2) is 4.90. The molecule has 4 nitrogen and oxygen atoms in total. The zero-order valence-electron chi connectivity index (χ0n) is 10.9. The summed E-state index contributed by atoms with van der Waals surface area (Å²) in [5, 5.41) is 14.8. The molecule has 1 fully saturated rings. The Bertz CT molecular complexity index is 671. The van der Waals surface area contributed by atoms with Crippen molar-refractivity contribution in [3.05, 3.63) is 35.2 Å². The molecule has 1 aliphatic carbocycles. The summed E-state index contributed by atoms with van der Waals surface area (Å²) in [6.07, 6.45) is 2.71. The fourth-order valence-corrected chi connectivity index (χ4v) is 3.75. The molecule has 1 saturated carbocycles. The van der Waals surface area contributed by atoms with Gasteiger partial charge in [-0.2, -0.15) is 0 Å². The van der Waals surface area contributed by atoms with Gasteiger partial charge in [-0.05, 0) is 18.9 Å². The highest BCUT2D eigenvalue weighted by Crippen LogP contribution is 2.31. The first-order chi connectivity index (χ1) is 9.62. The van der Waals surface area contributed by atoms with Gasteiger partial charge in [0.1, 0.15) is 5.54 Å². The number of carbonyl (C=O) groups is 2. The number of hydrogen-bond donors (Lipinski definition) is 2. The molecule has 1 aliphatic rings. The molecule has 20 heavy (non-hydrogen) atoms. The van der Waals surface area contributed by atoms with Crippen LogP contribution in [0.5, 0.6) is 0 Å². The number of fused-ring (bicyclic) bond motifs is 1. The van der Waals surface area contributed by atoms with E-state index in [4.69, 9.17) is 0 Å². The molecule has 3 rings (SSSR count). The maximum absolute atomic E-state index is 12.4. The molecule has 1 amide bonds. The van der Waals surface area contributed by atoms with Crippen molar-refractivity contribution >= 4 is 33.3 Å². The largest absolute Gasteiger partial charge is 0.480 e. The molecule has 0 atom stereocenters. The third-order valence-electron chi connectivity index (χ3n) is 3.94. The summed E-state index contributed by atoms with van der Waals surface area (Å²) in [6, 6.07) is 7.66. The average Bonchev–Trinajstić information content (AvgIpc) is 3.05. The van der Waals surface area contributed by atoms with E-state index in [9.17, 15) is 14.7 Å². The molecule has 0 saturated heterocycles. The quantitative estimate of drug-likeness (QED) is 0.912. The first kappa shape index (κ1) is 13.1. The van der Waals surface area contributed by atoms with Crippen LogP contribution in [0, 0.1) is 0 Å². The van der Waals surface area contributed by atoms with Gasteiger partial charge in [-0.25, -0.2) is 4.79 Å². The molecular weight excluding hydrogens is 274 g/mol. The van der Waals surface area contributed by atoms with Gasteiger partial charge in [-0.1, -0.05) is 31.0 Å². The van der Waals surface area contributed by atoms with Gasteiger partial charge in [0.2, 0.25) is 0 Å². The fourth-order valence-electron chi connectivity index (χ4n) is 2.81. The molecule has 1 aromatic heterocycles. The van der Waals surface area contributed by atoms with Crippen molar-refractivity contribution in [2.45, 2.75) is 31.2 Å². The number of rotatable bonds is 3. The maximum atomic E-state index is 12.4. The highest BCUT2D eigenvalue weighted by atomic mass is 32.1. The van der Waals surface area contributed by atoms with E-state index in [1.54, 1.807) is 5.38 Å². The number of aliphatic carboxylic acids is 1. The Morgan fingerprint density at radius 3 is 2.60 bits per heavy atom. The lowest BCUT2D eigenvalue weighted by atomic mass is 9.97. The van der Waals surface area contributed by atoms with Crippen LogP contribution in [0.25, 0.3) is 10.1 Å². The van der Waals surface area contributed by atoms with E-state index in [1.807, 2.05) is 24.3 Å². The van der Waals surface area contributed by atoms with E-state index in [0.717, 1.165) is 22.9 Å². The third-order valence-corrected chi connectivity index (χ3v) is 4.91. The molecule has 0 unspecified atom stereocenters. The summed E-state index contributed by atoms with van der Waals surface area (Å²) in [5.41, 5.74) is -0.516. The van der Waals surface area contributed by atoms with Crippen molar-refractivity contribution in [1.29, 1.82) is 0 Å². The second-order valence-electron chi connectivity index (χ2n) is 5.19. The molecule has 104 valence electrons. The Morgan fingerprint density at radius 2 is 1.90 bits per heavy atom. The first-order valence-corrected chi connectivity index (χ1v) is 7.52. The van der Waals surface area contributed by atoms with Gasteiger partial charge < -0.3 is 10.4 Å². The predicted molar refractivity (Wildman–Crippen MR) is 78.1 cm³/mol. The molecular formula is C15H15NO3S. The highest BCUT2D eigenvalue weighted by molar-refractivity contribution is 7.17. The molecule has 2 aromatic rings. The normalized spacial score (nSPS) is 17.2. The van der Waals surface area contributed by atoms with Crippen LogP contribution in [0.1, 0.15) is 36.0 Å². The van der Waals surface area contributed by atoms with Crippen molar-refractivity contribution in [3.63, 3.8) is 0 Å². The van der Waals surface area contributed by atoms with Crippen LogP contribution >= 0.6 is 11.3 Å².